The first-order valence-electron chi connectivity index (χ1n) is 6.29. The van der Waals surface area contributed by atoms with Crippen LogP contribution < -0.4 is 0 Å². The van der Waals surface area contributed by atoms with Gasteiger partial charge in [-0.15, -0.1) is 23.2 Å². The Morgan fingerprint density at radius 3 is 2.18 bits per heavy atom. The molecule has 0 aliphatic heterocycles. The monoisotopic (exact) mass is 284 g/mol. The van der Waals surface area contributed by atoms with Crippen molar-refractivity contribution >= 4 is 23.2 Å². The number of hydrogen-bond acceptors (Lipinski definition) is 2. The second kappa shape index (κ2) is 10.4. The molecule has 2 nitrogen and oxygen atoms in total. The maximum Gasteiger partial charge on any atom is 0.0487 e. The van der Waals surface area contributed by atoms with Crippen LogP contribution in [0.15, 0.2) is 0 Å². The van der Waals surface area contributed by atoms with E-state index in [0.717, 1.165) is 39.1 Å². The summed E-state index contributed by atoms with van der Waals surface area (Å²) in [7, 11) is 1.70. The van der Waals surface area contributed by atoms with Gasteiger partial charge in [-0.05, 0) is 30.6 Å². The van der Waals surface area contributed by atoms with Crippen LogP contribution in [0.3, 0.4) is 0 Å². The fourth-order valence-corrected chi connectivity index (χ4v) is 2.71. The highest BCUT2D eigenvalue weighted by molar-refractivity contribution is 6.21. The van der Waals surface area contributed by atoms with Crippen molar-refractivity contribution in [1.29, 1.82) is 0 Å². The van der Waals surface area contributed by atoms with E-state index in [2.05, 4.69) is 13.8 Å². The summed E-state index contributed by atoms with van der Waals surface area (Å²) in [6, 6.07) is 0. The minimum Gasteiger partial charge on any atom is -0.385 e. The smallest absolute Gasteiger partial charge is 0.0487 e. The third-order valence-corrected chi connectivity index (χ3v) is 3.96. The van der Waals surface area contributed by atoms with Crippen LogP contribution in [0.25, 0.3) is 0 Å². The summed E-state index contributed by atoms with van der Waals surface area (Å²) < 4.78 is 10.5. The van der Waals surface area contributed by atoms with Crippen LogP contribution in [0.2, 0.25) is 0 Å². The fourth-order valence-electron chi connectivity index (χ4n) is 1.94. The molecule has 0 aromatic heterocycles. The quantitative estimate of drug-likeness (QED) is 0.423. The third kappa shape index (κ3) is 8.25. The van der Waals surface area contributed by atoms with E-state index in [9.17, 15) is 0 Å². The maximum absolute atomic E-state index is 6.07. The lowest BCUT2D eigenvalue weighted by Crippen LogP contribution is -2.29. The summed E-state index contributed by atoms with van der Waals surface area (Å²) in [5.41, 5.74) is 0.0263. The lowest BCUT2D eigenvalue weighted by molar-refractivity contribution is 0.0800. The number of ether oxygens (including phenoxy) is 2. The van der Waals surface area contributed by atoms with Gasteiger partial charge in [-0.1, -0.05) is 13.8 Å². The molecule has 0 unspecified atom stereocenters. The average Bonchev–Trinajstić information content (AvgIpc) is 2.31. The van der Waals surface area contributed by atoms with Gasteiger partial charge < -0.3 is 9.47 Å². The van der Waals surface area contributed by atoms with Gasteiger partial charge in [0.05, 0.1) is 0 Å². The minimum absolute atomic E-state index is 0.0263. The van der Waals surface area contributed by atoms with Gasteiger partial charge in [0.25, 0.3) is 0 Å². The molecule has 0 spiro atoms. The summed E-state index contributed by atoms with van der Waals surface area (Å²) in [5.74, 6) is 1.83. The van der Waals surface area contributed by atoms with E-state index >= 15 is 0 Å². The molecule has 0 aromatic rings. The highest BCUT2D eigenvalue weighted by Crippen LogP contribution is 2.33. The van der Waals surface area contributed by atoms with Gasteiger partial charge >= 0.3 is 0 Å². The van der Waals surface area contributed by atoms with Crippen molar-refractivity contribution in [2.24, 2.45) is 11.3 Å². The minimum atomic E-state index is 0.0263. The first-order valence-corrected chi connectivity index (χ1v) is 7.36. The Labute approximate surface area is 116 Å². The standard InChI is InChI=1S/C13H26Cl2O2/c1-12(2)9-13(10-14,11-15)5-8-17-7-4-6-16-3/h12H,4-11H2,1-3H3. The van der Waals surface area contributed by atoms with Gasteiger partial charge in [0.15, 0.2) is 0 Å². The molecule has 4 heteroatoms. The number of alkyl halides is 2. The molecular formula is C13H26Cl2O2. The molecule has 0 rings (SSSR count). The number of halogens is 2. The normalized spacial score (nSPS) is 12.4. The summed E-state index contributed by atoms with van der Waals surface area (Å²) in [5, 5.41) is 0. The molecule has 0 aliphatic carbocycles. The van der Waals surface area contributed by atoms with Crippen LogP contribution in [-0.4, -0.2) is 38.7 Å². The molecule has 17 heavy (non-hydrogen) atoms. The Kier molecular flexibility index (Phi) is 10.7. The fraction of sp³-hybridized carbons (Fsp3) is 1.00. The van der Waals surface area contributed by atoms with Gasteiger partial charge in [-0.2, -0.15) is 0 Å². The molecule has 0 fully saturated rings. The van der Waals surface area contributed by atoms with E-state index in [-0.39, 0.29) is 5.41 Å². The summed E-state index contributed by atoms with van der Waals surface area (Å²) in [6.45, 7) is 6.63. The number of rotatable bonds is 11. The van der Waals surface area contributed by atoms with Crippen molar-refractivity contribution in [3.8, 4) is 0 Å². The SMILES string of the molecule is COCCCOCCC(CCl)(CCl)CC(C)C. The molecule has 0 aromatic carbocycles. The van der Waals surface area contributed by atoms with Crippen molar-refractivity contribution in [2.75, 3.05) is 38.7 Å². The molecular weight excluding hydrogens is 259 g/mol. The van der Waals surface area contributed by atoms with Crippen molar-refractivity contribution < 1.29 is 9.47 Å². The van der Waals surface area contributed by atoms with E-state index < -0.39 is 0 Å². The van der Waals surface area contributed by atoms with E-state index in [0.29, 0.717) is 17.7 Å². The van der Waals surface area contributed by atoms with Crippen LogP contribution in [0.1, 0.15) is 33.1 Å². The van der Waals surface area contributed by atoms with Crippen LogP contribution in [0.5, 0.6) is 0 Å². The lowest BCUT2D eigenvalue weighted by atomic mass is 9.81. The van der Waals surface area contributed by atoms with Crippen molar-refractivity contribution in [3.63, 3.8) is 0 Å². The second-order valence-corrected chi connectivity index (χ2v) is 5.61. The molecule has 0 bridgehead atoms. The average molecular weight is 285 g/mol. The van der Waals surface area contributed by atoms with Gasteiger partial charge in [0.2, 0.25) is 0 Å². The topological polar surface area (TPSA) is 18.5 Å². The summed E-state index contributed by atoms with van der Waals surface area (Å²) in [4.78, 5) is 0. The number of hydrogen-bond donors (Lipinski definition) is 0. The predicted octanol–water partition coefficient (Wildman–Crippen LogP) is 3.94. The highest BCUT2D eigenvalue weighted by Gasteiger charge is 2.29. The summed E-state index contributed by atoms with van der Waals surface area (Å²) in [6.07, 6.45) is 2.93. The zero-order valence-corrected chi connectivity index (χ0v) is 12.8. The van der Waals surface area contributed by atoms with Crippen LogP contribution in [-0.2, 0) is 9.47 Å². The van der Waals surface area contributed by atoms with Gasteiger partial charge in [-0.3, -0.25) is 0 Å². The van der Waals surface area contributed by atoms with E-state index in [4.69, 9.17) is 32.7 Å². The third-order valence-electron chi connectivity index (χ3n) is 2.82. The zero-order valence-electron chi connectivity index (χ0n) is 11.3. The van der Waals surface area contributed by atoms with Crippen molar-refractivity contribution in [1.82, 2.24) is 0 Å². The highest BCUT2D eigenvalue weighted by atomic mass is 35.5. The Balaban J connectivity index is 3.84. The second-order valence-electron chi connectivity index (χ2n) is 5.07. The Hall–Kier alpha value is 0.500. The van der Waals surface area contributed by atoms with Crippen LogP contribution >= 0.6 is 23.2 Å². The first kappa shape index (κ1) is 17.5. The Morgan fingerprint density at radius 2 is 1.71 bits per heavy atom. The molecule has 0 aliphatic rings. The van der Waals surface area contributed by atoms with Crippen molar-refractivity contribution in [2.45, 2.75) is 33.1 Å². The lowest BCUT2D eigenvalue weighted by Gasteiger charge is -2.31. The molecule has 0 saturated heterocycles. The molecule has 0 N–H and O–H groups in total. The molecule has 0 saturated carbocycles. The van der Waals surface area contributed by atoms with Gasteiger partial charge in [-0.25, -0.2) is 0 Å². The van der Waals surface area contributed by atoms with Crippen molar-refractivity contribution in [3.05, 3.63) is 0 Å². The maximum atomic E-state index is 6.07. The number of methoxy groups -OCH3 is 1. The largest absolute Gasteiger partial charge is 0.385 e. The first-order chi connectivity index (χ1) is 8.10. The van der Waals surface area contributed by atoms with E-state index in [1.807, 2.05) is 0 Å². The molecule has 104 valence electrons. The molecule has 0 radical (unpaired) electrons. The molecule has 0 amide bonds. The predicted molar refractivity (Wildman–Crippen MR) is 75.3 cm³/mol. The van der Waals surface area contributed by atoms with Crippen LogP contribution in [0, 0.1) is 11.3 Å². The Bertz CT molecular complexity index is 171. The molecule has 0 heterocycles. The van der Waals surface area contributed by atoms with Gasteiger partial charge in [0, 0.05) is 38.7 Å². The van der Waals surface area contributed by atoms with Crippen LogP contribution in [0.4, 0.5) is 0 Å². The zero-order chi connectivity index (χ0) is 13.1. The Morgan fingerprint density at radius 1 is 1.06 bits per heavy atom. The van der Waals surface area contributed by atoms with E-state index in [1.165, 1.54) is 0 Å². The van der Waals surface area contributed by atoms with E-state index in [1.54, 1.807) is 7.11 Å². The molecule has 0 atom stereocenters. The van der Waals surface area contributed by atoms with Gasteiger partial charge in [0.1, 0.15) is 0 Å². The summed E-state index contributed by atoms with van der Waals surface area (Å²) >= 11 is 12.1.